The van der Waals surface area contributed by atoms with E-state index in [1.807, 2.05) is 18.2 Å². The van der Waals surface area contributed by atoms with Crippen LogP contribution in [-0.4, -0.2) is 29.5 Å². The zero-order chi connectivity index (χ0) is 19.8. The molecule has 7 heteroatoms. The molecule has 1 heterocycles. The number of aromatic nitrogens is 2. The van der Waals surface area contributed by atoms with Gasteiger partial charge in [0.25, 0.3) is 5.91 Å². The van der Waals surface area contributed by atoms with Crippen LogP contribution in [0.1, 0.15) is 22.5 Å². The van der Waals surface area contributed by atoms with Gasteiger partial charge in [-0.05, 0) is 42.7 Å². The fourth-order valence-corrected chi connectivity index (χ4v) is 2.91. The van der Waals surface area contributed by atoms with Crippen molar-refractivity contribution in [1.82, 2.24) is 15.3 Å². The zero-order valence-corrected chi connectivity index (χ0v) is 16.2. The molecule has 0 bridgehead atoms. The Balaban J connectivity index is 1.54. The van der Waals surface area contributed by atoms with E-state index in [-0.39, 0.29) is 5.91 Å². The second-order valence-electron chi connectivity index (χ2n) is 6.08. The van der Waals surface area contributed by atoms with Gasteiger partial charge in [0, 0.05) is 18.4 Å². The van der Waals surface area contributed by atoms with Gasteiger partial charge in [-0.25, -0.2) is 9.97 Å². The Hall–Kier alpha value is -3.12. The summed E-state index contributed by atoms with van der Waals surface area (Å²) in [6.07, 6.45) is 3.31. The molecular formula is C21H21ClN4O2. The van der Waals surface area contributed by atoms with Gasteiger partial charge in [0.05, 0.1) is 12.1 Å². The molecule has 0 aliphatic rings. The first-order chi connectivity index (χ1) is 13.7. The van der Waals surface area contributed by atoms with Crippen LogP contribution in [0.4, 0.5) is 11.6 Å². The van der Waals surface area contributed by atoms with Gasteiger partial charge >= 0.3 is 0 Å². The van der Waals surface area contributed by atoms with E-state index in [1.165, 1.54) is 5.56 Å². The summed E-state index contributed by atoms with van der Waals surface area (Å²) in [4.78, 5) is 20.7. The molecule has 3 rings (SSSR count). The second kappa shape index (κ2) is 9.71. The number of methoxy groups -OCH3 is 1. The van der Waals surface area contributed by atoms with Gasteiger partial charge in [-0.2, -0.15) is 0 Å². The van der Waals surface area contributed by atoms with E-state index in [0.717, 1.165) is 12.8 Å². The lowest BCUT2D eigenvalue weighted by atomic mass is 10.1. The minimum atomic E-state index is -0.230. The first-order valence-electron chi connectivity index (χ1n) is 8.91. The van der Waals surface area contributed by atoms with Gasteiger partial charge in [-0.15, -0.1) is 0 Å². The third-order valence-electron chi connectivity index (χ3n) is 4.07. The third kappa shape index (κ3) is 5.44. The van der Waals surface area contributed by atoms with Crippen LogP contribution in [0.2, 0.25) is 5.02 Å². The number of anilines is 2. The van der Waals surface area contributed by atoms with Crippen molar-refractivity contribution >= 4 is 29.1 Å². The molecule has 1 amide bonds. The maximum Gasteiger partial charge on any atom is 0.270 e. The van der Waals surface area contributed by atoms with E-state index in [9.17, 15) is 4.79 Å². The Kier molecular flexibility index (Phi) is 6.81. The van der Waals surface area contributed by atoms with Crippen molar-refractivity contribution < 1.29 is 9.53 Å². The Morgan fingerprint density at radius 2 is 1.96 bits per heavy atom. The maximum atomic E-state index is 12.3. The molecule has 0 radical (unpaired) electrons. The summed E-state index contributed by atoms with van der Waals surface area (Å²) in [5.41, 5.74) is 2.26. The highest BCUT2D eigenvalue weighted by Gasteiger charge is 2.09. The fourth-order valence-electron chi connectivity index (χ4n) is 2.65. The normalized spacial score (nSPS) is 10.4. The monoisotopic (exact) mass is 396 g/mol. The van der Waals surface area contributed by atoms with Gasteiger partial charge in [0.15, 0.2) is 0 Å². The summed E-state index contributed by atoms with van der Waals surface area (Å²) in [5, 5.41) is 6.40. The van der Waals surface area contributed by atoms with Crippen LogP contribution >= 0.6 is 11.6 Å². The summed E-state index contributed by atoms with van der Waals surface area (Å²) in [6.45, 7) is 0.578. The maximum absolute atomic E-state index is 12.3. The van der Waals surface area contributed by atoms with E-state index in [4.69, 9.17) is 16.3 Å². The molecule has 0 aliphatic carbocycles. The smallest absolute Gasteiger partial charge is 0.270 e. The zero-order valence-electron chi connectivity index (χ0n) is 15.5. The van der Waals surface area contributed by atoms with Crippen molar-refractivity contribution in [2.24, 2.45) is 0 Å². The number of rotatable bonds is 8. The number of nitrogens with one attached hydrogen (secondary N) is 2. The lowest BCUT2D eigenvalue weighted by Gasteiger charge is -2.09. The molecule has 144 valence electrons. The number of aryl methyl sites for hydroxylation is 1. The molecule has 0 unspecified atom stereocenters. The first kappa shape index (κ1) is 19.6. The fraction of sp³-hybridized carbons (Fsp3) is 0.190. The van der Waals surface area contributed by atoms with Gasteiger partial charge in [-0.3, -0.25) is 4.79 Å². The van der Waals surface area contributed by atoms with Crippen LogP contribution in [0.5, 0.6) is 5.75 Å². The van der Waals surface area contributed by atoms with Crippen LogP contribution in [0.15, 0.2) is 60.8 Å². The molecule has 0 aliphatic heterocycles. The number of halogens is 1. The lowest BCUT2D eigenvalue weighted by molar-refractivity contribution is 0.0948. The van der Waals surface area contributed by atoms with Crippen LogP contribution in [0.3, 0.4) is 0 Å². The SMILES string of the molecule is COc1ccc(Nc2nccc(C(=O)NCCCc3ccccc3)n2)cc1Cl. The highest BCUT2D eigenvalue weighted by Crippen LogP contribution is 2.28. The minimum absolute atomic E-state index is 0.230. The Morgan fingerprint density at radius 1 is 1.14 bits per heavy atom. The molecule has 2 aromatic carbocycles. The molecule has 28 heavy (non-hydrogen) atoms. The summed E-state index contributed by atoms with van der Waals surface area (Å²) >= 11 is 6.12. The topological polar surface area (TPSA) is 76.1 Å². The predicted molar refractivity (Wildman–Crippen MR) is 110 cm³/mol. The van der Waals surface area contributed by atoms with Crippen molar-refractivity contribution in [3.63, 3.8) is 0 Å². The van der Waals surface area contributed by atoms with Gasteiger partial charge < -0.3 is 15.4 Å². The largest absolute Gasteiger partial charge is 0.495 e. The molecule has 0 saturated heterocycles. The number of ether oxygens (including phenoxy) is 1. The number of carbonyl (C=O) groups excluding carboxylic acids is 1. The van der Waals surface area contributed by atoms with E-state index in [2.05, 4.69) is 32.7 Å². The van der Waals surface area contributed by atoms with Crippen LogP contribution in [0, 0.1) is 0 Å². The number of benzene rings is 2. The highest BCUT2D eigenvalue weighted by atomic mass is 35.5. The molecule has 0 saturated carbocycles. The third-order valence-corrected chi connectivity index (χ3v) is 4.36. The molecule has 0 spiro atoms. The number of amides is 1. The van der Waals surface area contributed by atoms with E-state index >= 15 is 0 Å². The van der Waals surface area contributed by atoms with Crippen molar-refractivity contribution in [3.05, 3.63) is 77.1 Å². The van der Waals surface area contributed by atoms with E-state index < -0.39 is 0 Å². The molecule has 0 fully saturated rings. The Morgan fingerprint density at radius 3 is 2.71 bits per heavy atom. The molecule has 1 aromatic heterocycles. The number of nitrogens with zero attached hydrogens (tertiary/aromatic N) is 2. The Labute approximate surface area is 168 Å². The molecule has 3 aromatic rings. The standard InChI is InChI=1S/C21H21ClN4O2/c1-28-19-10-9-16(14-17(19)22)25-21-24-13-11-18(26-21)20(27)23-12-5-8-15-6-3-2-4-7-15/h2-4,6-7,9-11,13-14H,5,8,12H2,1H3,(H,23,27)(H,24,25,26). The van der Waals surface area contributed by atoms with E-state index in [1.54, 1.807) is 37.6 Å². The highest BCUT2D eigenvalue weighted by molar-refractivity contribution is 6.32. The second-order valence-corrected chi connectivity index (χ2v) is 6.49. The molecule has 2 N–H and O–H groups in total. The average molecular weight is 397 g/mol. The van der Waals surface area contributed by atoms with Gasteiger partial charge in [0.2, 0.25) is 5.95 Å². The van der Waals surface area contributed by atoms with Crippen molar-refractivity contribution in [1.29, 1.82) is 0 Å². The minimum Gasteiger partial charge on any atom is -0.495 e. The van der Waals surface area contributed by atoms with Gasteiger partial charge in [0.1, 0.15) is 11.4 Å². The van der Waals surface area contributed by atoms with Crippen molar-refractivity contribution in [2.45, 2.75) is 12.8 Å². The predicted octanol–water partition coefficient (Wildman–Crippen LogP) is 4.24. The number of hydrogen-bond donors (Lipinski definition) is 2. The van der Waals surface area contributed by atoms with Gasteiger partial charge in [-0.1, -0.05) is 41.9 Å². The molecule has 0 atom stereocenters. The molecular weight excluding hydrogens is 376 g/mol. The quantitative estimate of drug-likeness (QED) is 0.557. The van der Waals surface area contributed by atoms with Crippen LogP contribution < -0.4 is 15.4 Å². The van der Waals surface area contributed by atoms with E-state index in [0.29, 0.717) is 34.6 Å². The van der Waals surface area contributed by atoms with Crippen molar-refractivity contribution in [3.8, 4) is 5.75 Å². The average Bonchev–Trinajstić information content (AvgIpc) is 2.72. The number of carbonyl (C=O) groups is 1. The lowest BCUT2D eigenvalue weighted by Crippen LogP contribution is -2.26. The summed E-state index contributed by atoms with van der Waals surface area (Å²) < 4.78 is 5.13. The first-order valence-corrected chi connectivity index (χ1v) is 9.29. The van der Waals surface area contributed by atoms with Crippen LogP contribution in [0.25, 0.3) is 0 Å². The Bertz CT molecular complexity index is 935. The number of hydrogen-bond acceptors (Lipinski definition) is 5. The molecule has 6 nitrogen and oxygen atoms in total. The van der Waals surface area contributed by atoms with Crippen molar-refractivity contribution in [2.75, 3.05) is 19.0 Å². The summed E-state index contributed by atoms with van der Waals surface area (Å²) in [6, 6.07) is 17.0. The summed E-state index contributed by atoms with van der Waals surface area (Å²) in [7, 11) is 1.55. The summed E-state index contributed by atoms with van der Waals surface area (Å²) in [5.74, 6) is 0.668. The van der Waals surface area contributed by atoms with Crippen LogP contribution in [-0.2, 0) is 6.42 Å².